The number of methoxy groups -OCH3 is 2. The van der Waals surface area contributed by atoms with Crippen LogP contribution in [0.15, 0.2) is 35.7 Å². The first-order valence-corrected chi connectivity index (χ1v) is 19.4. The molecule has 2 amide bonds. The molecule has 2 saturated carbocycles. The molecule has 12 nitrogen and oxygen atoms in total. The average Bonchev–Trinajstić information content (AvgIpc) is 3.65. The van der Waals surface area contributed by atoms with E-state index < -0.39 is 29.2 Å². The van der Waals surface area contributed by atoms with E-state index in [4.69, 9.17) is 42.1 Å². The normalized spacial score (nSPS) is 25.4. The van der Waals surface area contributed by atoms with Gasteiger partial charge in [0.1, 0.15) is 24.7 Å². The predicted molar refractivity (Wildman–Crippen MR) is 199 cm³/mol. The molecule has 0 unspecified atom stereocenters. The summed E-state index contributed by atoms with van der Waals surface area (Å²) in [5, 5.41) is 1.82. The number of nitrogens with zero attached hydrogens (tertiary/aromatic N) is 3. The maximum atomic E-state index is 16.1. The Morgan fingerprint density at radius 1 is 1.06 bits per heavy atom. The zero-order valence-electron chi connectivity index (χ0n) is 31.4. The number of esters is 1. The Labute approximate surface area is 320 Å². The summed E-state index contributed by atoms with van der Waals surface area (Å²) in [6, 6.07) is 5.74. The zero-order valence-corrected chi connectivity index (χ0v) is 32.1. The predicted octanol–water partition coefficient (Wildman–Crippen LogP) is 5.39. The summed E-state index contributed by atoms with van der Waals surface area (Å²) in [5.74, 6) is 5.11. The summed E-state index contributed by atoms with van der Waals surface area (Å²) in [6.45, 7) is 3.30. The van der Waals surface area contributed by atoms with Gasteiger partial charge < -0.3 is 39.5 Å². The quantitative estimate of drug-likeness (QED) is 0.225. The van der Waals surface area contributed by atoms with Crippen molar-refractivity contribution in [2.45, 2.75) is 83.8 Å². The number of rotatable bonds is 11. The number of hydrogen-bond donors (Lipinski definition) is 2. The molecular formula is C40H51ClFN5O7. The van der Waals surface area contributed by atoms with Gasteiger partial charge in [-0.3, -0.25) is 14.4 Å². The molecule has 3 atom stereocenters. The van der Waals surface area contributed by atoms with Crippen LogP contribution in [0.3, 0.4) is 0 Å². The number of likely N-dealkylation sites (tertiary alicyclic amines) is 1. The summed E-state index contributed by atoms with van der Waals surface area (Å²) in [5.41, 5.74) is 8.18. The van der Waals surface area contributed by atoms with Gasteiger partial charge in [-0.05, 0) is 81.0 Å². The highest BCUT2D eigenvalue weighted by molar-refractivity contribution is 6.31. The monoisotopic (exact) mass is 767 g/mol. The van der Waals surface area contributed by atoms with E-state index in [1.165, 1.54) is 13.2 Å². The van der Waals surface area contributed by atoms with Crippen molar-refractivity contribution in [2.75, 3.05) is 47.0 Å². The van der Waals surface area contributed by atoms with Crippen LogP contribution in [0.2, 0.25) is 5.02 Å². The van der Waals surface area contributed by atoms with Crippen LogP contribution in [0.1, 0.15) is 87.4 Å². The van der Waals surface area contributed by atoms with Crippen LogP contribution in [0.25, 0.3) is 0 Å². The molecule has 1 spiro atoms. The fraction of sp³-hybridized carbons (Fsp3) is 0.575. The van der Waals surface area contributed by atoms with Crippen LogP contribution in [0, 0.1) is 22.6 Å². The molecule has 2 aromatic carbocycles. The number of fused-ring (bicyclic) bond motifs is 1. The van der Waals surface area contributed by atoms with Crippen LogP contribution in [-0.4, -0.2) is 79.6 Å². The minimum atomic E-state index is -1.13. The van der Waals surface area contributed by atoms with Gasteiger partial charge in [0.15, 0.2) is 11.6 Å². The maximum Gasteiger partial charge on any atom is 0.312 e. The van der Waals surface area contributed by atoms with Crippen molar-refractivity contribution in [1.82, 2.24) is 14.8 Å². The number of benzene rings is 2. The third-order valence-electron chi connectivity index (χ3n) is 12.4. The third-order valence-corrected chi connectivity index (χ3v) is 12.7. The lowest BCUT2D eigenvalue weighted by Crippen LogP contribution is -2.53. The minimum absolute atomic E-state index is 0.00952. The first kappa shape index (κ1) is 38.1. The molecule has 292 valence electrons. The molecule has 2 aliphatic carbocycles. The molecule has 3 aliphatic heterocycles. The Bertz CT molecular complexity index is 1850. The molecule has 14 heteroatoms. The van der Waals surface area contributed by atoms with Gasteiger partial charge in [-0.15, -0.1) is 0 Å². The van der Waals surface area contributed by atoms with Crippen molar-refractivity contribution in [2.24, 2.45) is 28.3 Å². The van der Waals surface area contributed by atoms with Crippen molar-refractivity contribution in [1.29, 1.82) is 0 Å². The van der Waals surface area contributed by atoms with Gasteiger partial charge in [0.05, 0.1) is 43.0 Å². The van der Waals surface area contributed by atoms with Crippen LogP contribution in [0.5, 0.6) is 17.2 Å². The smallest absolute Gasteiger partial charge is 0.312 e. The van der Waals surface area contributed by atoms with Crippen molar-refractivity contribution in [3.8, 4) is 17.2 Å². The number of hydrogen-bond acceptors (Lipinski definition) is 10. The average molecular weight is 768 g/mol. The van der Waals surface area contributed by atoms with E-state index >= 15 is 9.18 Å². The summed E-state index contributed by atoms with van der Waals surface area (Å²) in [4.78, 5) is 46.1. The first-order chi connectivity index (χ1) is 25.9. The van der Waals surface area contributed by atoms with E-state index in [0.717, 1.165) is 37.8 Å². The number of ether oxygens (including phenoxy) is 4. The Morgan fingerprint density at radius 2 is 1.85 bits per heavy atom. The van der Waals surface area contributed by atoms with E-state index in [9.17, 15) is 9.59 Å². The number of carbonyl (C=O) groups excluding carboxylic acids is 3. The van der Waals surface area contributed by atoms with Crippen molar-refractivity contribution in [3.63, 3.8) is 0 Å². The van der Waals surface area contributed by atoms with Gasteiger partial charge in [-0.25, -0.2) is 10.2 Å². The number of carbonyl (C=O) groups is 3. The van der Waals surface area contributed by atoms with E-state index in [-0.39, 0.29) is 54.3 Å². The van der Waals surface area contributed by atoms with Gasteiger partial charge in [0.25, 0.3) is 0 Å². The molecule has 5 aliphatic rings. The van der Waals surface area contributed by atoms with Crippen molar-refractivity contribution >= 4 is 29.4 Å². The number of halogens is 2. The lowest BCUT2D eigenvalue weighted by atomic mass is 9.66. The molecule has 54 heavy (non-hydrogen) atoms. The highest BCUT2D eigenvalue weighted by atomic mass is 35.5. The fourth-order valence-corrected chi connectivity index (χ4v) is 9.30. The van der Waals surface area contributed by atoms with E-state index in [2.05, 4.69) is 0 Å². The molecule has 4 N–H and O–H groups in total. The Balaban J connectivity index is 1.20. The third kappa shape index (κ3) is 7.16. The second kappa shape index (κ2) is 15.1. The number of amides is 2. The molecule has 0 radical (unpaired) electrons. The zero-order chi connectivity index (χ0) is 38.4. The standard InChI is InChI=1S/C40H51ClFN5O7/c1-39(38(50)54-21-24-9-10-25(51-2)17-33(24)52-3)12-5-4-7-27(39)37(49)46-16-11-26-28(41)18-29(42)36(53-22-30(43)31-8-6-15-47(31)44)35(26)32(46)20-45-23-40(13-14-40)19-34(45)48/h9-10,17-18,27,32H,4-8,11-16,19-23,43-44H2,1-3H3/b31-30-/t27-,32+,39-/m0/s1. The van der Waals surface area contributed by atoms with E-state index in [1.54, 1.807) is 47.0 Å². The van der Waals surface area contributed by atoms with Crippen molar-refractivity contribution in [3.05, 3.63) is 63.2 Å². The van der Waals surface area contributed by atoms with Crippen LogP contribution in [0.4, 0.5) is 4.39 Å². The van der Waals surface area contributed by atoms with Gasteiger partial charge in [0.2, 0.25) is 11.8 Å². The second-order valence-electron chi connectivity index (χ2n) is 15.8. The van der Waals surface area contributed by atoms with Gasteiger partial charge >= 0.3 is 5.97 Å². The molecule has 2 saturated heterocycles. The second-order valence-corrected chi connectivity index (χ2v) is 16.2. The van der Waals surface area contributed by atoms with Crippen molar-refractivity contribution < 1.29 is 37.7 Å². The SMILES string of the molecule is COc1ccc(COC(=O)[C@@]2(C)CCCC[C@H]2C(=O)N2CCc3c(Cl)cc(F)c(OC/C(N)=C4\CCCN4N)c3[C@H]2CN2CC3(CC3)CC2=O)c(OC)c1. The molecule has 2 aromatic rings. The first-order valence-electron chi connectivity index (χ1n) is 19.0. The topological polar surface area (TPSA) is 150 Å². The number of allylic oxidation sites excluding steroid dienone is 1. The maximum absolute atomic E-state index is 16.1. The fourth-order valence-electron chi connectivity index (χ4n) is 9.00. The van der Waals surface area contributed by atoms with Crippen LogP contribution in [-0.2, 0) is 32.1 Å². The van der Waals surface area contributed by atoms with Gasteiger partial charge in [0, 0.05) is 54.8 Å². The van der Waals surface area contributed by atoms with E-state index in [0.29, 0.717) is 79.1 Å². The Morgan fingerprint density at radius 3 is 2.54 bits per heavy atom. The lowest BCUT2D eigenvalue weighted by Gasteiger charge is -2.45. The molecule has 7 rings (SSSR count). The summed E-state index contributed by atoms with van der Waals surface area (Å²) in [7, 11) is 3.10. The number of hydrazine groups is 1. The molecule has 4 fully saturated rings. The van der Waals surface area contributed by atoms with Crippen LogP contribution >= 0.6 is 11.6 Å². The summed E-state index contributed by atoms with van der Waals surface area (Å²) < 4.78 is 39.1. The van der Waals surface area contributed by atoms with E-state index in [1.807, 2.05) is 0 Å². The van der Waals surface area contributed by atoms with Gasteiger partial charge in [-0.2, -0.15) is 0 Å². The minimum Gasteiger partial charge on any atom is -0.497 e. The molecule has 0 aromatic heterocycles. The molecular weight excluding hydrogens is 717 g/mol. The molecule has 0 bridgehead atoms. The van der Waals surface area contributed by atoms with Crippen LogP contribution < -0.4 is 25.8 Å². The molecule has 3 heterocycles. The summed E-state index contributed by atoms with van der Waals surface area (Å²) in [6.07, 6.45) is 6.74. The van der Waals surface area contributed by atoms with Gasteiger partial charge in [-0.1, -0.05) is 24.4 Å². The highest BCUT2D eigenvalue weighted by Crippen LogP contribution is 2.54. The highest BCUT2D eigenvalue weighted by Gasteiger charge is 2.54. The number of nitrogens with two attached hydrogens (primary N) is 2. The lowest BCUT2D eigenvalue weighted by molar-refractivity contribution is -0.169. The largest absolute Gasteiger partial charge is 0.497 e. The summed E-state index contributed by atoms with van der Waals surface area (Å²) >= 11 is 6.74. The Hall–Kier alpha value is -4.23. The Kier molecular flexibility index (Phi) is 10.7.